The maximum Gasteiger partial charge on any atom is 0.253 e. The van der Waals surface area contributed by atoms with Gasteiger partial charge in [0.05, 0.1) is 19.8 Å². The molecule has 1 rings (SSSR count). The molecule has 0 spiro atoms. The molecule has 1 aliphatic heterocycles. The smallest absolute Gasteiger partial charge is 0.253 e. The van der Waals surface area contributed by atoms with Gasteiger partial charge in [0.25, 0.3) is 5.91 Å². The van der Waals surface area contributed by atoms with Crippen molar-refractivity contribution in [3.63, 3.8) is 0 Å². The van der Waals surface area contributed by atoms with E-state index in [0.717, 1.165) is 6.54 Å². The Balaban J connectivity index is 0.00000289. The van der Waals surface area contributed by atoms with Crippen molar-refractivity contribution in [2.75, 3.05) is 60.2 Å². The second kappa shape index (κ2) is 10.5. The Bertz CT molecular complexity index is 217. The average Bonchev–Trinajstić information content (AvgIpc) is 2.39. The third kappa shape index (κ3) is 5.97. The van der Waals surface area contributed by atoms with E-state index >= 15 is 0 Å². The van der Waals surface area contributed by atoms with Gasteiger partial charge in [-0.15, -0.1) is 12.4 Å². The predicted molar refractivity (Wildman–Crippen MR) is 70.2 cm³/mol. The normalized spacial score (nSPS) is 19.1. The monoisotopic (exact) mass is 282 g/mol. The lowest BCUT2D eigenvalue weighted by atomic mass is 10.2. The molecule has 0 aromatic carbocycles. The van der Waals surface area contributed by atoms with Gasteiger partial charge in [0.15, 0.2) is 0 Å². The average molecular weight is 283 g/mol. The number of amides is 1. The van der Waals surface area contributed by atoms with E-state index in [9.17, 15) is 4.79 Å². The van der Waals surface area contributed by atoms with Crippen molar-refractivity contribution in [2.24, 2.45) is 0 Å². The van der Waals surface area contributed by atoms with Crippen molar-refractivity contribution in [3.05, 3.63) is 0 Å². The molecule has 0 radical (unpaired) electrons. The van der Waals surface area contributed by atoms with Crippen molar-refractivity contribution in [2.45, 2.75) is 6.10 Å². The molecule has 1 heterocycles. The van der Waals surface area contributed by atoms with E-state index < -0.39 is 0 Å². The zero-order valence-electron chi connectivity index (χ0n) is 11.0. The number of hydrogen-bond acceptors (Lipinski definition) is 5. The van der Waals surface area contributed by atoms with Crippen molar-refractivity contribution in [1.82, 2.24) is 10.2 Å². The number of morpholine rings is 1. The first kappa shape index (κ1) is 17.6. The van der Waals surface area contributed by atoms with Crippen LogP contribution < -0.4 is 5.32 Å². The summed E-state index contributed by atoms with van der Waals surface area (Å²) in [6.07, 6.45) is -0.377. The minimum absolute atomic E-state index is 0. The molecule has 7 heteroatoms. The maximum atomic E-state index is 12.2. The Morgan fingerprint density at radius 2 is 1.94 bits per heavy atom. The highest BCUT2D eigenvalue weighted by atomic mass is 35.5. The first-order valence-corrected chi connectivity index (χ1v) is 5.88. The molecule has 1 N–H and O–H groups in total. The molecule has 1 fully saturated rings. The van der Waals surface area contributed by atoms with Gasteiger partial charge in [-0.3, -0.25) is 4.79 Å². The fourth-order valence-electron chi connectivity index (χ4n) is 1.66. The van der Waals surface area contributed by atoms with E-state index in [-0.39, 0.29) is 24.4 Å². The van der Waals surface area contributed by atoms with Gasteiger partial charge in [0, 0.05) is 40.4 Å². The lowest BCUT2D eigenvalue weighted by Crippen LogP contribution is -2.50. The van der Waals surface area contributed by atoms with E-state index in [2.05, 4.69) is 5.32 Å². The van der Waals surface area contributed by atoms with Crippen LogP contribution in [-0.2, 0) is 19.0 Å². The lowest BCUT2D eigenvalue weighted by Gasteiger charge is -2.29. The summed E-state index contributed by atoms with van der Waals surface area (Å²) < 4.78 is 15.4. The molecule has 1 aliphatic rings. The molecule has 1 atom stereocenters. The van der Waals surface area contributed by atoms with Gasteiger partial charge in [-0.05, 0) is 0 Å². The molecule has 0 bridgehead atoms. The summed E-state index contributed by atoms with van der Waals surface area (Å²) in [5, 5.41) is 3.15. The van der Waals surface area contributed by atoms with Crippen molar-refractivity contribution >= 4 is 18.3 Å². The summed E-state index contributed by atoms with van der Waals surface area (Å²) in [5.41, 5.74) is 0. The van der Waals surface area contributed by atoms with Crippen LogP contribution >= 0.6 is 12.4 Å². The van der Waals surface area contributed by atoms with Crippen LogP contribution in [0, 0.1) is 0 Å². The van der Waals surface area contributed by atoms with Gasteiger partial charge in [0.2, 0.25) is 0 Å². The van der Waals surface area contributed by atoms with Gasteiger partial charge in [-0.2, -0.15) is 0 Å². The first-order chi connectivity index (χ1) is 8.29. The van der Waals surface area contributed by atoms with Crippen LogP contribution in [0.25, 0.3) is 0 Å². The largest absolute Gasteiger partial charge is 0.383 e. The van der Waals surface area contributed by atoms with Crippen LogP contribution in [0.15, 0.2) is 0 Å². The Kier molecular flexibility index (Phi) is 10.3. The second-order valence-electron chi connectivity index (χ2n) is 3.87. The van der Waals surface area contributed by atoms with Crippen LogP contribution in [0.1, 0.15) is 0 Å². The molecule has 108 valence electrons. The number of nitrogens with one attached hydrogen (secondary N) is 1. The summed E-state index contributed by atoms with van der Waals surface area (Å²) in [4.78, 5) is 13.9. The van der Waals surface area contributed by atoms with Crippen LogP contribution in [0.4, 0.5) is 0 Å². The van der Waals surface area contributed by atoms with Gasteiger partial charge in [-0.25, -0.2) is 0 Å². The third-order valence-corrected chi connectivity index (χ3v) is 2.65. The molecule has 1 unspecified atom stereocenters. The molecule has 0 aromatic heterocycles. The van der Waals surface area contributed by atoms with E-state index in [4.69, 9.17) is 14.2 Å². The van der Waals surface area contributed by atoms with E-state index in [1.165, 1.54) is 0 Å². The fourth-order valence-corrected chi connectivity index (χ4v) is 1.66. The number of methoxy groups -OCH3 is 2. The van der Waals surface area contributed by atoms with Crippen LogP contribution in [0.3, 0.4) is 0 Å². The van der Waals surface area contributed by atoms with Crippen LogP contribution in [-0.4, -0.2) is 77.1 Å². The highest BCUT2D eigenvalue weighted by Gasteiger charge is 2.26. The second-order valence-corrected chi connectivity index (χ2v) is 3.87. The van der Waals surface area contributed by atoms with Crippen LogP contribution in [0.5, 0.6) is 0 Å². The molecule has 1 saturated heterocycles. The SMILES string of the molecule is COCCN(CCOC)C(=O)C1CNCCO1.Cl. The third-order valence-electron chi connectivity index (χ3n) is 2.65. The van der Waals surface area contributed by atoms with Gasteiger partial charge in [0.1, 0.15) is 6.10 Å². The Hall–Kier alpha value is -0.400. The van der Waals surface area contributed by atoms with Crippen LogP contribution in [0.2, 0.25) is 0 Å². The lowest BCUT2D eigenvalue weighted by molar-refractivity contribution is -0.146. The summed E-state index contributed by atoms with van der Waals surface area (Å²) in [7, 11) is 3.25. The maximum absolute atomic E-state index is 12.2. The minimum Gasteiger partial charge on any atom is -0.383 e. The Morgan fingerprint density at radius 1 is 1.33 bits per heavy atom. The predicted octanol–water partition coefficient (Wildman–Crippen LogP) is -0.482. The summed E-state index contributed by atoms with van der Waals surface area (Å²) >= 11 is 0. The molecular weight excluding hydrogens is 260 g/mol. The van der Waals surface area contributed by atoms with Crippen molar-refractivity contribution in [3.8, 4) is 0 Å². The molecule has 0 aromatic rings. The highest BCUT2D eigenvalue weighted by molar-refractivity contribution is 5.85. The molecule has 1 amide bonds. The zero-order valence-corrected chi connectivity index (χ0v) is 11.8. The topological polar surface area (TPSA) is 60.0 Å². The summed E-state index contributed by atoms with van der Waals surface area (Å²) in [5.74, 6) is 0.00583. The number of carbonyl (C=O) groups is 1. The molecular formula is C11H23ClN2O4. The Labute approximate surface area is 114 Å². The number of hydrogen-bond donors (Lipinski definition) is 1. The number of nitrogens with zero attached hydrogens (tertiary/aromatic N) is 1. The number of halogens is 1. The zero-order chi connectivity index (χ0) is 12.5. The van der Waals surface area contributed by atoms with E-state index in [0.29, 0.717) is 39.5 Å². The van der Waals surface area contributed by atoms with E-state index in [1.54, 1.807) is 19.1 Å². The molecule has 0 aliphatic carbocycles. The van der Waals surface area contributed by atoms with Crippen molar-refractivity contribution in [1.29, 1.82) is 0 Å². The number of rotatable bonds is 7. The molecule has 6 nitrogen and oxygen atoms in total. The summed E-state index contributed by atoms with van der Waals surface area (Å²) in [6, 6.07) is 0. The van der Waals surface area contributed by atoms with Gasteiger partial charge >= 0.3 is 0 Å². The van der Waals surface area contributed by atoms with Gasteiger partial charge in [-0.1, -0.05) is 0 Å². The number of ether oxygens (including phenoxy) is 3. The summed E-state index contributed by atoms with van der Waals surface area (Å²) in [6.45, 7) is 4.15. The van der Waals surface area contributed by atoms with Crippen molar-refractivity contribution < 1.29 is 19.0 Å². The Morgan fingerprint density at radius 3 is 2.39 bits per heavy atom. The number of carbonyl (C=O) groups excluding carboxylic acids is 1. The minimum atomic E-state index is -0.377. The first-order valence-electron chi connectivity index (χ1n) is 5.88. The van der Waals surface area contributed by atoms with E-state index in [1.807, 2.05) is 0 Å². The molecule has 0 saturated carbocycles. The van der Waals surface area contributed by atoms with Gasteiger partial charge < -0.3 is 24.4 Å². The highest BCUT2D eigenvalue weighted by Crippen LogP contribution is 2.02. The quantitative estimate of drug-likeness (QED) is 0.683. The standard InChI is InChI=1S/C11H22N2O4.ClH/c1-15-7-4-13(5-8-16-2)11(14)10-9-12-3-6-17-10;/h10,12H,3-9H2,1-2H3;1H. The molecule has 18 heavy (non-hydrogen) atoms. The fraction of sp³-hybridized carbons (Fsp3) is 0.909.